The maximum Gasteiger partial charge on any atom is 0.370 e. The van der Waals surface area contributed by atoms with Crippen LogP contribution < -0.4 is 10.7 Å². The van der Waals surface area contributed by atoms with Gasteiger partial charge in [0.25, 0.3) is 5.91 Å². The zero-order valence-corrected chi connectivity index (χ0v) is 22.4. The highest BCUT2D eigenvalue weighted by atomic mass is 35.5. The molecule has 202 valence electrons. The van der Waals surface area contributed by atoms with Crippen LogP contribution in [0.5, 0.6) is 5.75 Å². The molecule has 3 unspecified atom stereocenters. The van der Waals surface area contributed by atoms with Crippen molar-refractivity contribution in [2.45, 2.75) is 37.7 Å². The van der Waals surface area contributed by atoms with Gasteiger partial charge in [0.2, 0.25) is 5.91 Å². The highest BCUT2D eigenvalue weighted by Gasteiger charge is 2.51. The fraction of sp³-hybridized carbons (Fsp3) is 0.207. The van der Waals surface area contributed by atoms with Crippen LogP contribution in [0.4, 0.5) is 0 Å². The van der Waals surface area contributed by atoms with E-state index in [1.165, 1.54) is 32.4 Å². The minimum atomic E-state index is -0.927. The van der Waals surface area contributed by atoms with Crippen LogP contribution in [-0.4, -0.2) is 47.5 Å². The molecule has 0 aliphatic carbocycles. The molecule has 1 saturated heterocycles. The van der Waals surface area contributed by atoms with E-state index in [1.807, 2.05) is 42.5 Å². The molecule has 1 fully saturated rings. The van der Waals surface area contributed by atoms with E-state index in [-0.39, 0.29) is 23.5 Å². The number of rotatable bonds is 5. The van der Waals surface area contributed by atoms with Crippen LogP contribution in [0.3, 0.4) is 0 Å². The van der Waals surface area contributed by atoms with Crippen LogP contribution in [0.25, 0.3) is 5.69 Å². The average Bonchev–Trinajstić information content (AvgIpc) is 3.54. The number of aromatic hydroxyl groups is 1. The monoisotopic (exact) mass is 556 g/mol. The Morgan fingerprint density at radius 3 is 2.33 bits per heavy atom. The molecule has 3 heterocycles. The molecule has 1 N–H and O–H groups in total. The van der Waals surface area contributed by atoms with Crippen molar-refractivity contribution in [1.82, 2.24) is 19.5 Å². The number of hydrogen-bond acceptors (Lipinski definition) is 6. The molecule has 0 radical (unpaired) electrons. The minimum absolute atomic E-state index is 0.0167. The van der Waals surface area contributed by atoms with Crippen LogP contribution in [0.2, 0.25) is 0 Å². The third kappa shape index (κ3) is 4.08. The molecular formula is C29H25ClN6O4. The Kier molecular flexibility index (Phi) is 6.26. The number of carbonyl (C=O) groups is 2. The summed E-state index contributed by atoms with van der Waals surface area (Å²) in [5.41, 5.74) is 2.97. The summed E-state index contributed by atoms with van der Waals surface area (Å²) in [5, 5.41) is 21.1. The molecule has 3 aromatic carbocycles. The number of alkyl halides is 1. The van der Waals surface area contributed by atoms with Crippen molar-refractivity contribution in [3.63, 3.8) is 0 Å². The quantitative estimate of drug-likeness (QED) is 0.298. The number of aryl methyl sites for hydroxylation is 1. The molecule has 4 aromatic rings. The molecular weight excluding hydrogens is 532 g/mol. The molecule has 11 heteroatoms. The van der Waals surface area contributed by atoms with Crippen LogP contribution in [-0.2, 0) is 9.59 Å². The first-order valence-electron chi connectivity index (χ1n) is 12.7. The second-order valence-corrected chi connectivity index (χ2v) is 10.2. The summed E-state index contributed by atoms with van der Waals surface area (Å²) in [4.78, 5) is 38.6. The summed E-state index contributed by atoms with van der Waals surface area (Å²) in [6.45, 7) is 3.12. The van der Waals surface area contributed by atoms with Crippen LogP contribution in [0.1, 0.15) is 47.9 Å². The third-order valence-corrected chi connectivity index (χ3v) is 7.67. The van der Waals surface area contributed by atoms with Crippen molar-refractivity contribution < 1.29 is 14.7 Å². The summed E-state index contributed by atoms with van der Waals surface area (Å²) in [5.74, 6) is -0.335. The molecule has 3 atom stereocenters. The summed E-state index contributed by atoms with van der Waals surface area (Å²) in [6, 6.07) is 22.6. The molecule has 0 saturated carbocycles. The fourth-order valence-corrected chi connectivity index (χ4v) is 5.61. The number of carbonyl (C=O) groups excluding carboxylic acids is 2. The van der Waals surface area contributed by atoms with E-state index in [4.69, 9.17) is 11.6 Å². The molecule has 1 aromatic heterocycles. The number of hydrazone groups is 1. The van der Waals surface area contributed by atoms with E-state index in [0.717, 1.165) is 16.8 Å². The molecule has 2 aliphatic heterocycles. The van der Waals surface area contributed by atoms with Gasteiger partial charge in [0, 0.05) is 18.9 Å². The van der Waals surface area contributed by atoms with Crippen molar-refractivity contribution in [3.8, 4) is 11.4 Å². The first-order valence-corrected chi connectivity index (χ1v) is 13.2. The second-order valence-electron chi connectivity index (χ2n) is 9.73. The van der Waals surface area contributed by atoms with E-state index in [2.05, 4.69) is 10.2 Å². The van der Waals surface area contributed by atoms with Crippen LogP contribution in [0.15, 0.2) is 88.8 Å². The number of β-lactam (4-membered cyclic amide) rings is 1. The smallest absolute Gasteiger partial charge is 0.370 e. The van der Waals surface area contributed by atoms with Crippen molar-refractivity contribution in [2.24, 2.45) is 5.10 Å². The van der Waals surface area contributed by atoms with Gasteiger partial charge < -0.3 is 5.11 Å². The molecule has 6 rings (SSSR count). The highest BCUT2D eigenvalue weighted by Crippen LogP contribution is 2.40. The number of aromatic nitrogens is 3. The van der Waals surface area contributed by atoms with Crippen molar-refractivity contribution in [3.05, 3.63) is 112 Å². The van der Waals surface area contributed by atoms with Crippen molar-refractivity contribution >= 4 is 29.1 Å². The summed E-state index contributed by atoms with van der Waals surface area (Å²) in [6.07, 6.45) is 0.557. The van der Waals surface area contributed by atoms with Gasteiger partial charge in [0.05, 0.1) is 17.4 Å². The molecule has 0 bridgehead atoms. The number of halogens is 1. The van der Waals surface area contributed by atoms with Gasteiger partial charge in [-0.1, -0.05) is 60.7 Å². The molecule has 10 nitrogen and oxygen atoms in total. The molecule has 0 spiro atoms. The maximum atomic E-state index is 13.5. The van der Waals surface area contributed by atoms with Gasteiger partial charge in [0.15, 0.2) is 5.82 Å². The number of para-hydroxylation sites is 1. The zero-order chi connectivity index (χ0) is 28.1. The standard InChI is InChI=1S/C29H25ClN6O4/c1-17-31-34(29(40)35(17)36-27(26(30)28(36)39)22-10-6-7-11-25(22)38)21-14-12-19(13-15-21)23-16-24(33(32-23)18(2)37)20-8-4-3-5-9-20/h3-15,24,26-27,38H,16H2,1-2H3. The average molecular weight is 557 g/mol. The van der Waals surface area contributed by atoms with E-state index in [1.54, 1.807) is 37.3 Å². The molecule has 2 aliphatic rings. The fourth-order valence-electron chi connectivity index (χ4n) is 5.27. The maximum absolute atomic E-state index is 13.5. The van der Waals surface area contributed by atoms with Gasteiger partial charge in [-0.3, -0.25) is 9.59 Å². The Morgan fingerprint density at radius 1 is 0.975 bits per heavy atom. The van der Waals surface area contributed by atoms with Gasteiger partial charge in [-0.25, -0.2) is 14.8 Å². The van der Waals surface area contributed by atoms with E-state index in [0.29, 0.717) is 17.7 Å². The molecule has 40 heavy (non-hydrogen) atoms. The summed E-state index contributed by atoms with van der Waals surface area (Å²) >= 11 is 6.32. The Labute approximate surface area is 234 Å². The first-order chi connectivity index (χ1) is 19.3. The van der Waals surface area contributed by atoms with Crippen LogP contribution in [0, 0.1) is 6.92 Å². The van der Waals surface area contributed by atoms with Gasteiger partial charge in [-0.2, -0.15) is 14.5 Å². The topological polar surface area (TPSA) is 113 Å². The summed E-state index contributed by atoms with van der Waals surface area (Å²) < 4.78 is 2.39. The number of nitrogens with zero attached hydrogens (tertiary/aromatic N) is 6. The van der Waals surface area contributed by atoms with Gasteiger partial charge in [-0.05, 0) is 36.2 Å². The number of amides is 2. The zero-order valence-electron chi connectivity index (χ0n) is 21.7. The van der Waals surface area contributed by atoms with E-state index >= 15 is 0 Å². The highest BCUT2D eigenvalue weighted by molar-refractivity contribution is 6.36. The third-order valence-electron chi connectivity index (χ3n) is 7.25. The molecule has 2 amide bonds. The second kappa shape index (κ2) is 9.80. The SMILES string of the molecule is CC(=O)N1N=C(c2ccc(-n3nc(C)n(N4C(=O)C(Cl)C4c4ccccc4O)c3=O)cc2)CC1c1ccccc1. The van der Waals surface area contributed by atoms with Crippen molar-refractivity contribution in [2.75, 3.05) is 5.01 Å². The lowest BCUT2D eigenvalue weighted by atomic mass is 9.94. The van der Waals surface area contributed by atoms with Crippen molar-refractivity contribution in [1.29, 1.82) is 0 Å². The number of hydrogen-bond donors (Lipinski definition) is 1. The van der Waals surface area contributed by atoms with Crippen LogP contribution >= 0.6 is 11.6 Å². The lowest BCUT2D eigenvalue weighted by molar-refractivity contribution is -0.130. The number of benzene rings is 3. The lowest BCUT2D eigenvalue weighted by Crippen LogP contribution is -2.64. The normalized spacial score (nSPS) is 20.4. The Hall–Kier alpha value is -4.70. The van der Waals surface area contributed by atoms with Gasteiger partial charge in [0.1, 0.15) is 17.2 Å². The largest absolute Gasteiger partial charge is 0.508 e. The first kappa shape index (κ1) is 25.6. The predicted molar refractivity (Wildman–Crippen MR) is 149 cm³/mol. The number of phenols is 1. The predicted octanol–water partition coefficient (Wildman–Crippen LogP) is 3.57. The van der Waals surface area contributed by atoms with Gasteiger partial charge in [-0.15, -0.1) is 16.7 Å². The Bertz CT molecular complexity index is 1710. The lowest BCUT2D eigenvalue weighted by Gasteiger charge is -2.44. The Balaban J connectivity index is 1.29. The summed E-state index contributed by atoms with van der Waals surface area (Å²) in [7, 11) is 0. The Morgan fingerprint density at radius 2 is 1.65 bits per heavy atom. The van der Waals surface area contributed by atoms with E-state index in [9.17, 15) is 19.5 Å². The van der Waals surface area contributed by atoms with Gasteiger partial charge >= 0.3 is 5.69 Å². The minimum Gasteiger partial charge on any atom is -0.508 e. The number of phenolic OH excluding ortho intramolecular Hbond substituents is 1. The van der Waals surface area contributed by atoms with E-state index < -0.39 is 23.0 Å².